The van der Waals surface area contributed by atoms with Crippen molar-refractivity contribution in [3.63, 3.8) is 0 Å². The molecule has 0 atom stereocenters. The molecule has 0 spiro atoms. The Morgan fingerprint density at radius 3 is 2.26 bits per heavy atom. The monoisotopic (exact) mass is 543 g/mol. The molecule has 0 aliphatic heterocycles. The number of rotatable bonds is 9. The zero-order valence-corrected chi connectivity index (χ0v) is 23.6. The molecule has 202 valence electrons. The van der Waals surface area contributed by atoms with E-state index in [1.165, 1.54) is 17.3 Å². The lowest BCUT2D eigenvalue weighted by atomic mass is 9.87. The molecule has 39 heavy (non-hydrogen) atoms. The fourth-order valence-electron chi connectivity index (χ4n) is 3.93. The maximum absolute atomic E-state index is 12.7. The van der Waals surface area contributed by atoms with Gasteiger partial charge in [0, 0.05) is 11.3 Å². The third-order valence-electron chi connectivity index (χ3n) is 6.16. The number of methoxy groups -OCH3 is 1. The summed E-state index contributed by atoms with van der Waals surface area (Å²) in [7, 11) is 1.63. The molecule has 0 radical (unpaired) electrons. The summed E-state index contributed by atoms with van der Waals surface area (Å²) in [6, 6.07) is 22.7. The van der Waals surface area contributed by atoms with E-state index in [9.17, 15) is 9.90 Å². The quantitative estimate of drug-likeness (QED) is 0.153. The largest absolute Gasteiger partial charge is 0.508 e. The SMILES string of the molecule is CC/C(=N/NC(=O)CSc1nnc(-c2ccc(C(C)(C)C)cc2)n1-c1ccc(OC)cc1)c1ccc(O)cc1. The van der Waals surface area contributed by atoms with Gasteiger partial charge >= 0.3 is 0 Å². The number of aromatic nitrogens is 3. The first-order valence-corrected chi connectivity index (χ1v) is 13.7. The number of phenols is 1. The second kappa shape index (κ2) is 12.2. The van der Waals surface area contributed by atoms with E-state index in [0.29, 0.717) is 17.4 Å². The first-order chi connectivity index (χ1) is 18.7. The van der Waals surface area contributed by atoms with E-state index in [1.807, 2.05) is 35.8 Å². The Labute approximate surface area is 233 Å². The van der Waals surface area contributed by atoms with Crippen molar-refractivity contribution in [2.24, 2.45) is 5.10 Å². The lowest BCUT2D eigenvalue weighted by Crippen LogP contribution is -2.22. The molecule has 9 heteroatoms. The Kier molecular flexibility index (Phi) is 8.71. The summed E-state index contributed by atoms with van der Waals surface area (Å²) in [5.41, 5.74) is 7.25. The van der Waals surface area contributed by atoms with Crippen LogP contribution in [0.25, 0.3) is 17.1 Å². The topological polar surface area (TPSA) is 102 Å². The summed E-state index contributed by atoms with van der Waals surface area (Å²) >= 11 is 1.28. The Bertz CT molecular complexity index is 1440. The highest BCUT2D eigenvalue weighted by molar-refractivity contribution is 7.99. The molecule has 0 aliphatic rings. The summed E-state index contributed by atoms with van der Waals surface area (Å²) in [5, 5.41) is 23.3. The lowest BCUT2D eigenvalue weighted by molar-refractivity contribution is -0.118. The van der Waals surface area contributed by atoms with E-state index < -0.39 is 0 Å². The number of carbonyl (C=O) groups excluding carboxylic acids is 1. The van der Waals surface area contributed by atoms with E-state index in [2.05, 4.69) is 65.8 Å². The normalized spacial score (nSPS) is 11.9. The van der Waals surface area contributed by atoms with Crippen LogP contribution in [-0.4, -0.2) is 44.4 Å². The maximum Gasteiger partial charge on any atom is 0.250 e. The molecule has 0 bridgehead atoms. The fraction of sp³-hybridized carbons (Fsp3) is 0.267. The molecule has 2 N–H and O–H groups in total. The molecule has 3 aromatic carbocycles. The highest BCUT2D eigenvalue weighted by Gasteiger charge is 2.19. The third kappa shape index (κ3) is 6.86. The molecule has 8 nitrogen and oxygen atoms in total. The zero-order chi connectivity index (χ0) is 28.0. The number of amides is 1. The number of nitrogens with zero attached hydrogens (tertiary/aromatic N) is 4. The van der Waals surface area contributed by atoms with Crippen molar-refractivity contribution in [2.45, 2.75) is 44.7 Å². The van der Waals surface area contributed by atoms with Gasteiger partial charge in [-0.05, 0) is 71.5 Å². The Morgan fingerprint density at radius 1 is 1.00 bits per heavy atom. The second-order valence-corrected chi connectivity index (χ2v) is 10.9. The van der Waals surface area contributed by atoms with Crippen LogP contribution >= 0.6 is 11.8 Å². The van der Waals surface area contributed by atoms with E-state index in [1.54, 1.807) is 31.4 Å². The second-order valence-electron chi connectivity index (χ2n) is 9.95. The van der Waals surface area contributed by atoms with Crippen molar-refractivity contribution in [2.75, 3.05) is 12.9 Å². The number of nitrogens with one attached hydrogen (secondary N) is 1. The number of aromatic hydroxyl groups is 1. The van der Waals surface area contributed by atoms with Crippen LogP contribution in [0.3, 0.4) is 0 Å². The molecule has 0 saturated heterocycles. The van der Waals surface area contributed by atoms with E-state index in [4.69, 9.17) is 4.74 Å². The number of thioether (sulfide) groups is 1. The van der Waals surface area contributed by atoms with Gasteiger partial charge in [-0.3, -0.25) is 9.36 Å². The number of carbonyl (C=O) groups is 1. The van der Waals surface area contributed by atoms with Crippen molar-refractivity contribution < 1.29 is 14.6 Å². The average Bonchev–Trinajstić information content (AvgIpc) is 3.36. The summed E-state index contributed by atoms with van der Waals surface area (Å²) in [5.74, 6) is 1.45. The van der Waals surface area contributed by atoms with Crippen LogP contribution in [0.4, 0.5) is 0 Å². The summed E-state index contributed by atoms with van der Waals surface area (Å²) in [6.45, 7) is 8.50. The first-order valence-electron chi connectivity index (χ1n) is 12.7. The number of benzene rings is 3. The number of ether oxygens (including phenoxy) is 1. The van der Waals surface area contributed by atoms with Crippen LogP contribution in [0.15, 0.2) is 83.1 Å². The Hall–Kier alpha value is -4.11. The number of hydrazone groups is 1. The van der Waals surface area contributed by atoms with E-state index in [-0.39, 0.29) is 22.8 Å². The van der Waals surface area contributed by atoms with Crippen molar-refractivity contribution in [3.8, 4) is 28.6 Å². The van der Waals surface area contributed by atoms with Crippen molar-refractivity contribution in [1.82, 2.24) is 20.2 Å². The maximum atomic E-state index is 12.7. The van der Waals surface area contributed by atoms with Gasteiger partial charge < -0.3 is 9.84 Å². The molecule has 0 fully saturated rings. The summed E-state index contributed by atoms with van der Waals surface area (Å²) in [4.78, 5) is 12.7. The van der Waals surface area contributed by atoms with Crippen LogP contribution in [-0.2, 0) is 10.2 Å². The van der Waals surface area contributed by atoms with Crippen LogP contribution in [0.5, 0.6) is 11.5 Å². The number of hydrogen-bond acceptors (Lipinski definition) is 7. The summed E-state index contributed by atoms with van der Waals surface area (Å²) in [6.07, 6.45) is 0.626. The number of phenolic OH excluding ortho intramolecular Hbond substituents is 1. The minimum atomic E-state index is -0.259. The predicted molar refractivity (Wildman–Crippen MR) is 156 cm³/mol. The van der Waals surface area contributed by atoms with Gasteiger partial charge in [0.25, 0.3) is 5.91 Å². The van der Waals surface area contributed by atoms with Crippen molar-refractivity contribution in [1.29, 1.82) is 0 Å². The zero-order valence-electron chi connectivity index (χ0n) is 22.8. The standard InChI is InChI=1S/C30H33N5O3S/c1-6-26(20-9-15-24(36)16-10-20)31-32-27(37)19-39-29-34-33-28(21-7-11-22(12-8-21)30(2,3)4)35(29)23-13-17-25(38-5)18-14-23/h7-18,36H,6,19H2,1-5H3,(H,32,37)/b31-26-. The third-order valence-corrected chi connectivity index (χ3v) is 7.09. The molecule has 1 heterocycles. The van der Waals surface area contributed by atoms with Gasteiger partial charge in [-0.25, -0.2) is 5.43 Å². The lowest BCUT2D eigenvalue weighted by Gasteiger charge is -2.19. The average molecular weight is 544 g/mol. The van der Waals surface area contributed by atoms with Crippen molar-refractivity contribution in [3.05, 3.63) is 83.9 Å². The molecule has 0 saturated carbocycles. The number of hydrogen-bond donors (Lipinski definition) is 2. The molecule has 4 aromatic rings. The molecule has 4 rings (SSSR count). The molecule has 0 aliphatic carbocycles. The van der Waals surface area contributed by atoms with Gasteiger partial charge in [0.2, 0.25) is 0 Å². The van der Waals surface area contributed by atoms with E-state index in [0.717, 1.165) is 28.3 Å². The van der Waals surface area contributed by atoms with Crippen LogP contribution < -0.4 is 10.2 Å². The van der Waals surface area contributed by atoms with Crippen LogP contribution in [0, 0.1) is 0 Å². The van der Waals surface area contributed by atoms with Gasteiger partial charge in [-0.1, -0.05) is 63.7 Å². The molecular formula is C30H33N5O3S. The Balaban J connectivity index is 1.57. The Morgan fingerprint density at radius 2 is 1.67 bits per heavy atom. The van der Waals surface area contributed by atoms with Gasteiger partial charge in [0.05, 0.1) is 18.6 Å². The predicted octanol–water partition coefficient (Wildman–Crippen LogP) is 5.97. The summed E-state index contributed by atoms with van der Waals surface area (Å²) < 4.78 is 7.27. The molecular weight excluding hydrogens is 510 g/mol. The van der Waals surface area contributed by atoms with Crippen LogP contribution in [0.1, 0.15) is 45.2 Å². The highest BCUT2D eigenvalue weighted by Crippen LogP contribution is 2.30. The molecule has 1 amide bonds. The van der Waals surface area contributed by atoms with Gasteiger partial charge in [0.15, 0.2) is 11.0 Å². The fourth-order valence-corrected chi connectivity index (χ4v) is 4.67. The van der Waals surface area contributed by atoms with Gasteiger partial charge in [-0.15, -0.1) is 10.2 Å². The van der Waals surface area contributed by atoms with Crippen LogP contribution in [0.2, 0.25) is 0 Å². The smallest absolute Gasteiger partial charge is 0.250 e. The van der Waals surface area contributed by atoms with Crippen molar-refractivity contribution >= 4 is 23.4 Å². The molecule has 0 unspecified atom stereocenters. The first kappa shape index (κ1) is 27.9. The minimum absolute atomic E-state index is 0.0406. The molecule has 1 aromatic heterocycles. The van der Waals surface area contributed by atoms with Gasteiger partial charge in [-0.2, -0.15) is 5.10 Å². The minimum Gasteiger partial charge on any atom is -0.508 e. The van der Waals surface area contributed by atoms with E-state index >= 15 is 0 Å². The highest BCUT2D eigenvalue weighted by atomic mass is 32.2. The van der Waals surface area contributed by atoms with Gasteiger partial charge in [0.1, 0.15) is 11.5 Å².